The van der Waals surface area contributed by atoms with E-state index in [-0.39, 0.29) is 0 Å². The number of hydrogen-bond acceptors (Lipinski definition) is 6. The van der Waals surface area contributed by atoms with Gasteiger partial charge >= 0.3 is 0 Å². The first kappa shape index (κ1) is 14.4. The summed E-state index contributed by atoms with van der Waals surface area (Å²) in [6.45, 7) is 5.49. The lowest BCUT2D eigenvalue weighted by molar-refractivity contribution is 0.122. The van der Waals surface area contributed by atoms with Gasteiger partial charge in [0, 0.05) is 24.3 Å². The van der Waals surface area contributed by atoms with Crippen LogP contribution in [0.4, 0.5) is 5.69 Å². The van der Waals surface area contributed by atoms with Crippen LogP contribution in [0.3, 0.4) is 0 Å². The van der Waals surface area contributed by atoms with Crippen LogP contribution in [-0.4, -0.2) is 36.4 Å². The van der Waals surface area contributed by atoms with Gasteiger partial charge in [-0.25, -0.2) is 0 Å². The van der Waals surface area contributed by atoms with Gasteiger partial charge < -0.3 is 14.2 Å². The van der Waals surface area contributed by atoms with Crippen molar-refractivity contribution < 1.29 is 9.26 Å². The molecule has 1 aliphatic rings. The van der Waals surface area contributed by atoms with Crippen molar-refractivity contribution in [3.63, 3.8) is 0 Å². The first-order valence-electron chi connectivity index (χ1n) is 7.62. The van der Waals surface area contributed by atoms with Gasteiger partial charge in [0.25, 0.3) is 5.89 Å². The molecule has 1 aromatic carbocycles. The van der Waals surface area contributed by atoms with E-state index in [1.54, 1.807) is 11.3 Å². The molecule has 0 saturated carbocycles. The fourth-order valence-electron chi connectivity index (χ4n) is 2.67. The highest BCUT2D eigenvalue weighted by Gasteiger charge is 2.15. The Labute approximate surface area is 138 Å². The summed E-state index contributed by atoms with van der Waals surface area (Å²) in [6.07, 6.45) is 0. The molecule has 6 heteroatoms. The first-order valence-corrected chi connectivity index (χ1v) is 8.50. The molecule has 23 heavy (non-hydrogen) atoms. The first-order chi connectivity index (χ1) is 11.3. The second-order valence-corrected chi connectivity index (χ2v) is 6.42. The van der Waals surface area contributed by atoms with Crippen LogP contribution in [0.5, 0.6) is 0 Å². The van der Waals surface area contributed by atoms with E-state index < -0.39 is 0 Å². The van der Waals surface area contributed by atoms with E-state index in [1.807, 2.05) is 24.4 Å². The molecule has 4 rings (SSSR count). The molecule has 0 N–H and O–H groups in total. The Balaban J connectivity index is 1.56. The van der Waals surface area contributed by atoms with Crippen LogP contribution in [0, 0.1) is 6.92 Å². The third kappa shape index (κ3) is 2.87. The molecule has 1 saturated heterocycles. The van der Waals surface area contributed by atoms with Crippen molar-refractivity contribution in [2.75, 3.05) is 31.2 Å². The Morgan fingerprint density at radius 2 is 1.87 bits per heavy atom. The molecule has 0 atom stereocenters. The summed E-state index contributed by atoms with van der Waals surface area (Å²) in [7, 11) is 0. The normalized spacial score (nSPS) is 15.1. The highest BCUT2D eigenvalue weighted by molar-refractivity contribution is 7.13. The lowest BCUT2D eigenvalue weighted by Gasteiger charge is -2.28. The highest BCUT2D eigenvalue weighted by Crippen LogP contribution is 2.29. The van der Waals surface area contributed by atoms with Crippen molar-refractivity contribution in [1.82, 2.24) is 10.1 Å². The van der Waals surface area contributed by atoms with Crippen LogP contribution in [0.1, 0.15) is 5.56 Å². The van der Waals surface area contributed by atoms with E-state index in [0.717, 1.165) is 42.3 Å². The predicted molar refractivity (Wildman–Crippen MR) is 90.8 cm³/mol. The number of thiophene rings is 1. The zero-order valence-electron chi connectivity index (χ0n) is 12.9. The highest BCUT2D eigenvalue weighted by atomic mass is 32.1. The minimum atomic E-state index is 0.588. The molecular weight excluding hydrogens is 310 g/mol. The number of aryl methyl sites for hydroxylation is 1. The molecular formula is C17H17N3O2S. The molecule has 1 fully saturated rings. The maximum Gasteiger partial charge on any atom is 0.268 e. The Morgan fingerprint density at radius 1 is 1.09 bits per heavy atom. The van der Waals surface area contributed by atoms with Gasteiger partial charge in [-0.15, -0.1) is 11.3 Å². The van der Waals surface area contributed by atoms with Crippen LogP contribution < -0.4 is 4.90 Å². The molecule has 3 heterocycles. The predicted octanol–water partition coefficient (Wildman–Crippen LogP) is 3.61. The van der Waals surface area contributed by atoms with Crippen LogP contribution in [-0.2, 0) is 4.74 Å². The fourth-order valence-corrected chi connectivity index (χ4v) is 3.51. The maximum atomic E-state index is 5.41. The van der Waals surface area contributed by atoms with Gasteiger partial charge in [-0.3, -0.25) is 0 Å². The molecule has 2 aromatic heterocycles. The Kier molecular flexibility index (Phi) is 3.85. The van der Waals surface area contributed by atoms with Crippen molar-refractivity contribution in [3.8, 4) is 22.2 Å². The summed E-state index contributed by atoms with van der Waals surface area (Å²) < 4.78 is 10.8. The van der Waals surface area contributed by atoms with Gasteiger partial charge in [0.1, 0.15) is 0 Å². The quantitative estimate of drug-likeness (QED) is 0.735. The lowest BCUT2D eigenvalue weighted by Crippen LogP contribution is -2.36. The molecule has 0 spiro atoms. The van der Waals surface area contributed by atoms with E-state index in [9.17, 15) is 0 Å². The number of hydrogen-bond donors (Lipinski definition) is 0. The summed E-state index contributed by atoms with van der Waals surface area (Å²) >= 11 is 1.62. The van der Waals surface area contributed by atoms with Gasteiger partial charge in [0.15, 0.2) is 0 Å². The van der Waals surface area contributed by atoms with Crippen LogP contribution in [0.2, 0.25) is 0 Å². The number of rotatable bonds is 3. The molecule has 5 nitrogen and oxygen atoms in total. The lowest BCUT2D eigenvalue weighted by atomic mass is 10.2. The molecule has 3 aromatic rings. The van der Waals surface area contributed by atoms with Gasteiger partial charge in [0.2, 0.25) is 5.82 Å². The molecule has 0 radical (unpaired) electrons. The number of ether oxygens (including phenoxy) is 1. The van der Waals surface area contributed by atoms with Crippen molar-refractivity contribution in [2.24, 2.45) is 0 Å². The van der Waals surface area contributed by atoms with E-state index in [0.29, 0.717) is 11.7 Å². The number of aromatic nitrogens is 2. The third-order valence-corrected chi connectivity index (χ3v) is 4.99. The molecule has 0 unspecified atom stereocenters. The van der Waals surface area contributed by atoms with Crippen LogP contribution in [0.25, 0.3) is 22.2 Å². The SMILES string of the molecule is Cc1ccsc1-c1nc(-c2ccc(N3CCOCC3)cc2)no1. The zero-order valence-corrected chi connectivity index (χ0v) is 13.7. The van der Waals surface area contributed by atoms with E-state index >= 15 is 0 Å². The Bertz CT molecular complexity index is 788. The molecule has 118 valence electrons. The van der Waals surface area contributed by atoms with Gasteiger partial charge in [0.05, 0.1) is 18.1 Å². The summed E-state index contributed by atoms with van der Waals surface area (Å²) in [5.41, 5.74) is 3.33. The number of anilines is 1. The standard InChI is InChI=1S/C17H17N3O2S/c1-12-6-11-23-15(12)17-18-16(19-22-17)13-2-4-14(5-3-13)20-7-9-21-10-8-20/h2-6,11H,7-10H2,1H3. The number of benzene rings is 1. The Hall–Kier alpha value is -2.18. The second-order valence-electron chi connectivity index (χ2n) is 5.50. The smallest absolute Gasteiger partial charge is 0.268 e. The molecule has 0 bridgehead atoms. The van der Waals surface area contributed by atoms with E-state index in [2.05, 4.69) is 33.2 Å². The Morgan fingerprint density at radius 3 is 2.57 bits per heavy atom. The zero-order chi connectivity index (χ0) is 15.6. The number of nitrogens with zero attached hydrogens (tertiary/aromatic N) is 3. The van der Waals surface area contributed by atoms with Crippen molar-refractivity contribution >= 4 is 17.0 Å². The van der Waals surface area contributed by atoms with Gasteiger partial charge in [-0.05, 0) is 48.2 Å². The summed E-state index contributed by atoms with van der Waals surface area (Å²) in [6, 6.07) is 10.3. The molecule has 0 amide bonds. The minimum absolute atomic E-state index is 0.588. The van der Waals surface area contributed by atoms with Crippen LogP contribution >= 0.6 is 11.3 Å². The summed E-state index contributed by atoms with van der Waals surface area (Å²) in [5.74, 6) is 1.21. The minimum Gasteiger partial charge on any atom is -0.378 e. The second kappa shape index (κ2) is 6.14. The van der Waals surface area contributed by atoms with E-state index in [1.165, 1.54) is 5.69 Å². The average molecular weight is 327 g/mol. The average Bonchev–Trinajstić information content (AvgIpc) is 3.24. The fraction of sp³-hybridized carbons (Fsp3) is 0.294. The van der Waals surface area contributed by atoms with Crippen LogP contribution in [0.15, 0.2) is 40.2 Å². The van der Waals surface area contributed by atoms with Crippen molar-refractivity contribution in [1.29, 1.82) is 0 Å². The monoisotopic (exact) mass is 327 g/mol. The third-order valence-electron chi connectivity index (χ3n) is 3.98. The summed E-state index contributed by atoms with van der Waals surface area (Å²) in [4.78, 5) is 7.88. The maximum absolute atomic E-state index is 5.41. The van der Waals surface area contributed by atoms with Gasteiger partial charge in [-0.2, -0.15) is 4.98 Å². The largest absolute Gasteiger partial charge is 0.378 e. The number of morpholine rings is 1. The molecule has 1 aliphatic heterocycles. The van der Waals surface area contributed by atoms with Gasteiger partial charge in [-0.1, -0.05) is 5.16 Å². The summed E-state index contributed by atoms with van der Waals surface area (Å²) in [5, 5.41) is 6.15. The van der Waals surface area contributed by atoms with E-state index in [4.69, 9.17) is 9.26 Å². The van der Waals surface area contributed by atoms with Crippen molar-refractivity contribution in [3.05, 3.63) is 41.3 Å². The molecule has 0 aliphatic carbocycles. The van der Waals surface area contributed by atoms with Crippen molar-refractivity contribution in [2.45, 2.75) is 6.92 Å². The topological polar surface area (TPSA) is 51.4 Å².